The second-order valence-electron chi connectivity index (χ2n) is 5.93. The molecule has 0 atom stereocenters. The second-order valence-corrected chi connectivity index (χ2v) is 5.93. The van der Waals surface area contributed by atoms with E-state index in [1.807, 2.05) is 0 Å². The second kappa shape index (κ2) is 6.74. The fraction of sp³-hybridized carbons (Fsp3) is 0.529. The van der Waals surface area contributed by atoms with Gasteiger partial charge in [0.1, 0.15) is 5.82 Å². The molecule has 0 aliphatic heterocycles. The molecule has 0 bridgehead atoms. The van der Waals surface area contributed by atoms with Gasteiger partial charge in [-0.2, -0.15) is 0 Å². The third kappa shape index (κ3) is 3.84. The Morgan fingerprint density at radius 3 is 2.76 bits per heavy atom. The Balaban J connectivity index is 2.37. The molecular weight excluding hydrogens is 264 g/mol. The number of fused-ring (bicyclic) bond motifs is 1. The van der Waals surface area contributed by atoms with Crippen LogP contribution < -0.4 is 0 Å². The Morgan fingerprint density at radius 2 is 2.14 bits per heavy atom. The van der Waals surface area contributed by atoms with Gasteiger partial charge >= 0.3 is 5.97 Å². The molecule has 21 heavy (non-hydrogen) atoms. The normalized spacial score (nSPS) is 11.4. The maximum Gasteiger partial charge on any atom is 0.303 e. The van der Waals surface area contributed by atoms with Gasteiger partial charge in [-0.3, -0.25) is 4.79 Å². The van der Waals surface area contributed by atoms with Crippen molar-refractivity contribution in [1.82, 2.24) is 9.55 Å². The highest BCUT2D eigenvalue weighted by Crippen LogP contribution is 2.21. The summed E-state index contributed by atoms with van der Waals surface area (Å²) in [6, 6.07) is 6.37. The SMILES string of the molecule is CCc1ccc2c(c1)nc(CCC(=O)O)n2CCC(C)C. The number of rotatable bonds is 7. The van der Waals surface area contributed by atoms with Gasteiger partial charge in [-0.15, -0.1) is 0 Å². The molecule has 1 heterocycles. The lowest BCUT2D eigenvalue weighted by molar-refractivity contribution is -0.137. The van der Waals surface area contributed by atoms with Crippen molar-refractivity contribution >= 4 is 17.0 Å². The average Bonchev–Trinajstić information content (AvgIpc) is 2.79. The lowest BCUT2D eigenvalue weighted by Gasteiger charge is -2.10. The topological polar surface area (TPSA) is 55.1 Å². The minimum Gasteiger partial charge on any atom is -0.481 e. The summed E-state index contributed by atoms with van der Waals surface area (Å²) in [7, 11) is 0. The lowest BCUT2D eigenvalue weighted by atomic mass is 10.1. The highest BCUT2D eigenvalue weighted by molar-refractivity contribution is 5.77. The number of carboxylic acid groups (broad SMARTS) is 1. The number of carboxylic acids is 1. The van der Waals surface area contributed by atoms with E-state index >= 15 is 0 Å². The maximum absolute atomic E-state index is 10.8. The molecular formula is C17H24N2O2. The molecule has 0 spiro atoms. The number of aliphatic carboxylic acids is 1. The molecule has 114 valence electrons. The number of aryl methyl sites for hydroxylation is 3. The summed E-state index contributed by atoms with van der Waals surface area (Å²) in [6.45, 7) is 7.42. The molecule has 1 aromatic heterocycles. The molecule has 1 aromatic carbocycles. The van der Waals surface area contributed by atoms with Crippen LogP contribution in [0.5, 0.6) is 0 Å². The molecule has 4 heteroatoms. The van der Waals surface area contributed by atoms with Crippen LogP contribution in [-0.2, 0) is 24.2 Å². The molecule has 2 aromatic rings. The molecule has 0 saturated carbocycles. The minimum absolute atomic E-state index is 0.131. The van der Waals surface area contributed by atoms with Crippen molar-refractivity contribution in [2.75, 3.05) is 0 Å². The van der Waals surface area contributed by atoms with Crippen molar-refractivity contribution in [2.45, 2.75) is 53.0 Å². The Labute approximate surface area is 125 Å². The first-order chi connectivity index (χ1) is 10.0. The van der Waals surface area contributed by atoms with Crippen LogP contribution >= 0.6 is 0 Å². The summed E-state index contributed by atoms with van der Waals surface area (Å²) in [5.41, 5.74) is 3.37. The van der Waals surface area contributed by atoms with Crippen molar-refractivity contribution in [3.63, 3.8) is 0 Å². The van der Waals surface area contributed by atoms with Crippen LogP contribution in [-0.4, -0.2) is 20.6 Å². The molecule has 0 aliphatic carbocycles. The summed E-state index contributed by atoms with van der Waals surface area (Å²) >= 11 is 0. The predicted octanol–water partition coefficient (Wildman–Crippen LogP) is 3.66. The predicted molar refractivity (Wildman–Crippen MR) is 84.5 cm³/mol. The lowest BCUT2D eigenvalue weighted by Crippen LogP contribution is -2.08. The van der Waals surface area contributed by atoms with E-state index in [1.54, 1.807) is 0 Å². The van der Waals surface area contributed by atoms with Gasteiger partial charge < -0.3 is 9.67 Å². The number of nitrogens with zero attached hydrogens (tertiary/aromatic N) is 2. The highest BCUT2D eigenvalue weighted by Gasteiger charge is 2.12. The van der Waals surface area contributed by atoms with Gasteiger partial charge in [0.15, 0.2) is 0 Å². The van der Waals surface area contributed by atoms with Gasteiger partial charge in [0, 0.05) is 13.0 Å². The Bertz CT molecular complexity index is 629. The van der Waals surface area contributed by atoms with Crippen LogP contribution in [0.1, 0.15) is 45.0 Å². The third-order valence-corrected chi connectivity index (χ3v) is 3.79. The summed E-state index contributed by atoms with van der Waals surface area (Å²) in [4.78, 5) is 15.5. The quantitative estimate of drug-likeness (QED) is 0.846. The Hall–Kier alpha value is -1.84. The third-order valence-electron chi connectivity index (χ3n) is 3.79. The van der Waals surface area contributed by atoms with Crippen LogP contribution in [0.25, 0.3) is 11.0 Å². The molecule has 2 rings (SSSR count). The van der Waals surface area contributed by atoms with Crippen LogP contribution in [0.15, 0.2) is 18.2 Å². The summed E-state index contributed by atoms with van der Waals surface area (Å²) in [5, 5.41) is 8.90. The molecule has 4 nitrogen and oxygen atoms in total. The summed E-state index contributed by atoms with van der Waals surface area (Å²) in [5.74, 6) is 0.734. The van der Waals surface area contributed by atoms with Gasteiger partial charge in [-0.1, -0.05) is 26.8 Å². The van der Waals surface area contributed by atoms with E-state index in [1.165, 1.54) is 5.56 Å². The van der Waals surface area contributed by atoms with E-state index < -0.39 is 5.97 Å². The number of hydrogen-bond donors (Lipinski definition) is 1. The monoisotopic (exact) mass is 288 g/mol. The van der Waals surface area contributed by atoms with Gasteiger partial charge in [-0.25, -0.2) is 4.98 Å². The largest absolute Gasteiger partial charge is 0.481 e. The van der Waals surface area contributed by atoms with Gasteiger partial charge in [0.05, 0.1) is 17.5 Å². The molecule has 0 unspecified atom stereocenters. The standard InChI is InChI=1S/C17H24N2O2/c1-4-13-5-6-15-14(11-13)18-16(7-8-17(20)21)19(15)10-9-12(2)3/h5-6,11-12H,4,7-10H2,1-3H3,(H,20,21). The number of benzene rings is 1. The molecule has 1 N–H and O–H groups in total. The first-order valence-electron chi connectivity index (χ1n) is 7.71. The number of imidazole rings is 1. The maximum atomic E-state index is 10.8. The Kier molecular flexibility index (Phi) is 4.99. The number of hydrogen-bond acceptors (Lipinski definition) is 2. The van der Waals surface area contributed by atoms with Gasteiger partial charge in [0.2, 0.25) is 0 Å². The fourth-order valence-electron chi connectivity index (χ4n) is 2.49. The molecule has 0 radical (unpaired) electrons. The van der Waals surface area contributed by atoms with E-state index in [4.69, 9.17) is 5.11 Å². The zero-order chi connectivity index (χ0) is 15.4. The molecule has 0 aliphatic rings. The van der Waals surface area contributed by atoms with Crippen LogP contribution in [0.4, 0.5) is 0 Å². The Morgan fingerprint density at radius 1 is 1.38 bits per heavy atom. The number of aromatic nitrogens is 2. The van der Waals surface area contributed by atoms with E-state index in [9.17, 15) is 4.79 Å². The van der Waals surface area contributed by atoms with Crippen LogP contribution in [0.3, 0.4) is 0 Å². The van der Waals surface area contributed by atoms with Gasteiger partial charge in [-0.05, 0) is 36.5 Å². The summed E-state index contributed by atoms with van der Waals surface area (Å²) in [6.07, 6.45) is 2.68. The zero-order valence-electron chi connectivity index (χ0n) is 13.1. The summed E-state index contributed by atoms with van der Waals surface area (Å²) < 4.78 is 2.19. The molecule has 0 saturated heterocycles. The van der Waals surface area contributed by atoms with E-state index in [2.05, 4.69) is 48.5 Å². The van der Waals surface area contributed by atoms with E-state index in [0.29, 0.717) is 12.3 Å². The average molecular weight is 288 g/mol. The zero-order valence-corrected chi connectivity index (χ0v) is 13.1. The minimum atomic E-state index is -0.772. The van der Waals surface area contributed by atoms with E-state index in [-0.39, 0.29) is 6.42 Å². The smallest absolute Gasteiger partial charge is 0.303 e. The molecule has 0 fully saturated rings. The number of carbonyl (C=O) groups is 1. The van der Waals surface area contributed by atoms with Crippen molar-refractivity contribution in [1.29, 1.82) is 0 Å². The van der Waals surface area contributed by atoms with Crippen LogP contribution in [0, 0.1) is 5.92 Å². The van der Waals surface area contributed by atoms with Crippen molar-refractivity contribution in [3.05, 3.63) is 29.6 Å². The van der Waals surface area contributed by atoms with Crippen LogP contribution in [0.2, 0.25) is 0 Å². The van der Waals surface area contributed by atoms with Gasteiger partial charge in [0.25, 0.3) is 0 Å². The van der Waals surface area contributed by atoms with Crippen molar-refractivity contribution < 1.29 is 9.90 Å². The fourth-order valence-corrected chi connectivity index (χ4v) is 2.49. The highest BCUT2D eigenvalue weighted by atomic mass is 16.4. The first-order valence-corrected chi connectivity index (χ1v) is 7.71. The van der Waals surface area contributed by atoms with E-state index in [0.717, 1.165) is 36.2 Å². The first kappa shape index (κ1) is 15.5. The molecule has 0 amide bonds. The van der Waals surface area contributed by atoms with Crippen molar-refractivity contribution in [2.24, 2.45) is 5.92 Å². The van der Waals surface area contributed by atoms with Crippen molar-refractivity contribution in [3.8, 4) is 0 Å².